The Morgan fingerprint density at radius 3 is 2.88 bits per heavy atom. The van der Waals surface area contributed by atoms with Crippen molar-refractivity contribution in [3.63, 3.8) is 0 Å². The van der Waals surface area contributed by atoms with Crippen LogP contribution in [0.15, 0.2) is 28.7 Å². The predicted octanol–water partition coefficient (Wildman–Crippen LogP) is 3.50. The van der Waals surface area contributed by atoms with Crippen LogP contribution in [0.4, 0.5) is 0 Å². The first-order chi connectivity index (χ1) is 11.8. The first-order valence-electron chi connectivity index (χ1n) is 8.21. The van der Waals surface area contributed by atoms with Crippen molar-refractivity contribution in [3.8, 4) is 11.6 Å². The van der Waals surface area contributed by atoms with Gasteiger partial charge >= 0.3 is 0 Å². The van der Waals surface area contributed by atoms with E-state index < -0.39 is 0 Å². The molecule has 4 aromatic rings. The van der Waals surface area contributed by atoms with Gasteiger partial charge in [0.15, 0.2) is 4.96 Å². The summed E-state index contributed by atoms with van der Waals surface area (Å²) in [5, 5.41) is 8.55. The molecular weight excluding hydrogens is 322 g/mol. The minimum absolute atomic E-state index is 0.553. The van der Waals surface area contributed by atoms with Gasteiger partial charge in [0.05, 0.1) is 22.5 Å². The van der Waals surface area contributed by atoms with Crippen LogP contribution in [0.1, 0.15) is 24.4 Å². The number of hydrogen-bond acceptors (Lipinski definition) is 6. The van der Waals surface area contributed by atoms with Crippen LogP contribution in [0.3, 0.4) is 0 Å². The zero-order valence-corrected chi connectivity index (χ0v) is 14.2. The molecule has 5 rings (SSSR count). The number of rotatable bonds is 3. The van der Waals surface area contributed by atoms with Gasteiger partial charge in [0.2, 0.25) is 5.89 Å². The van der Waals surface area contributed by atoms with Gasteiger partial charge in [-0.1, -0.05) is 23.5 Å². The van der Waals surface area contributed by atoms with Crippen molar-refractivity contribution in [2.75, 3.05) is 13.1 Å². The van der Waals surface area contributed by atoms with Crippen LogP contribution in [0, 0.1) is 6.92 Å². The second kappa shape index (κ2) is 5.39. The minimum Gasteiger partial charge on any atom is -0.418 e. The molecule has 122 valence electrons. The Morgan fingerprint density at radius 2 is 2.00 bits per heavy atom. The molecule has 1 aliphatic heterocycles. The number of aryl methyl sites for hydroxylation is 1. The van der Waals surface area contributed by atoms with Crippen molar-refractivity contribution in [1.82, 2.24) is 24.5 Å². The van der Waals surface area contributed by atoms with Gasteiger partial charge < -0.3 is 4.42 Å². The van der Waals surface area contributed by atoms with E-state index in [-0.39, 0.29) is 0 Å². The molecule has 6 nitrogen and oxygen atoms in total. The van der Waals surface area contributed by atoms with E-state index in [4.69, 9.17) is 4.42 Å². The zero-order valence-electron chi connectivity index (χ0n) is 13.4. The van der Waals surface area contributed by atoms with Gasteiger partial charge in [-0.25, -0.2) is 4.98 Å². The number of imidazole rings is 1. The fourth-order valence-corrected chi connectivity index (χ4v) is 4.49. The summed E-state index contributed by atoms with van der Waals surface area (Å²) in [6, 6.07) is 8.30. The second-order valence-electron chi connectivity index (χ2n) is 6.22. The first kappa shape index (κ1) is 14.1. The predicted molar refractivity (Wildman–Crippen MR) is 93.1 cm³/mol. The maximum Gasteiger partial charge on any atom is 0.266 e. The fraction of sp³-hybridized carbons (Fsp3) is 0.353. The summed E-state index contributed by atoms with van der Waals surface area (Å²) in [5.41, 5.74) is 2.96. The van der Waals surface area contributed by atoms with Gasteiger partial charge in [0.25, 0.3) is 5.89 Å². The van der Waals surface area contributed by atoms with E-state index in [0.717, 1.165) is 41.5 Å². The van der Waals surface area contributed by atoms with Gasteiger partial charge in [0, 0.05) is 0 Å². The van der Waals surface area contributed by atoms with Gasteiger partial charge in [-0.2, -0.15) is 0 Å². The molecule has 1 aromatic carbocycles. The topological polar surface area (TPSA) is 59.5 Å². The van der Waals surface area contributed by atoms with Crippen LogP contribution in [-0.4, -0.2) is 37.6 Å². The average Bonchev–Trinajstić information content (AvgIpc) is 3.32. The normalized spacial score (nSPS) is 15.9. The van der Waals surface area contributed by atoms with Gasteiger partial charge in [-0.05, 0) is 45.0 Å². The van der Waals surface area contributed by atoms with Crippen molar-refractivity contribution in [2.24, 2.45) is 0 Å². The molecule has 3 aromatic heterocycles. The second-order valence-corrected chi connectivity index (χ2v) is 7.23. The van der Waals surface area contributed by atoms with Crippen LogP contribution >= 0.6 is 11.3 Å². The van der Waals surface area contributed by atoms with E-state index in [1.54, 1.807) is 11.3 Å². The maximum absolute atomic E-state index is 5.98. The third-order valence-electron chi connectivity index (χ3n) is 4.56. The number of para-hydroxylation sites is 1. The molecule has 7 heteroatoms. The Kier molecular flexibility index (Phi) is 3.17. The van der Waals surface area contributed by atoms with E-state index in [1.165, 1.54) is 17.5 Å². The monoisotopic (exact) mass is 339 g/mol. The molecule has 1 fully saturated rings. The first-order valence-corrected chi connectivity index (χ1v) is 9.03. The highest BCUT2D eigenvalue weighted by Crippen LogP contribution is 2.33. The lowest BCUT2D eigenvalue weighted by atomic mass is 10.3. The molecule has 1 saturated heterocycles. The van der Waals surface area contributed by atoms with E-state index in [1.807, 2.05) is 19.1 Å². The number of benzene rings is 1. The summed E-state index contributed by atoms with van der Waals surface area (Å²) >= 11 is 1.68. The summed E-state index contributed by atoms with van der Waals surface area (Å²) in [5.74, 6) is 1.23. The van der Waals surface area contributed by atoms with E-state index >= 15 is 0 Å². The lowest BCUT2D eigenvalue weighted by molar-refractivity contribution is 0.292. The fourth-order valence-electron chi connectivity index (χ4n) is 3.42. The molecule has 0 atom stereocenters. The molecular formula is C17H17N5OS. The molecule has 0 radical (unpaired) electrons. The molecule has 0 aliphatic carbocycles. The van der Waals surface area contributed by atoms with Crippen LogP contribution in [0.2, 0.25) is 0 Å². The van der Waals surface area contributed by atoms with Crippen LogP contribution in [0.25, 0.3) is 26.8 Å². The summed E-state index contributed by atoms with van der Waals surface area (Å²) < 4.78 is 9.31. The highest BCUT2D eigenvalue weighted by atomic mass is 32.1. The quantitative estimate of drug-likeness (QED) is 0.572. The molecule has 0 amide bonds. The highest BCUT2D eigenvalue weighted by molar-refractivity contribution is 7.23. The van der Waals surface area contributed by atoms with Crippen molar-refractivity contribution in [2.45, 2.75) is 26.3 Å². The van der Waals surface area contributed by atoms with E-state index in [0.29, 0.717) is 11.8 Å². The number of aromatic nitrogens is 4. The zero-order chi connectivity index (χ0) is 16.1. The third kappa shape index (κ3) is 2.16. The minimum atomic E-state index is 0.553. The number of hydrogen-bond donors (Lipinski definition) is 0. The lowest BCUT2D eigenvalue weighted by Gasteiger charge is -2.10. The number of fused-ring (bicyclic) bond motifs is 3. The molecule has 0 saturated carbocycles. The molecule has 24 heavy (non-hydrogen) atoms. The van der Waals surface area contributed by atoms with Gasteiger partial charge in [-0.15, -0.1) is 10.2 Å². The van der Waals surface area contributed by atoms with Crippen LogP contribution < -0.4 is 0 Å². The van der Waals surface area contributed by atoms with Crippen LogP contribution in [0.5, 0.6) is 0 Å². The summed E-state index contributed by atoms with van der Waals surface area (Å²) in [4.78, 5) is 8.00. The summed E-state index contributed by atoms with van der Waals surface area (Å²) in [7, 11) is 0. The Labute approximate surface area is 142 Å². The van der Waals surface area contributed by atoms with Crippen LogP contribution in [-0.2, 0) is 6.54 Å². The molecule has 0 N–H and O–H groups in total. The van der Waals surface area contributed by atoms with Crippen molar-refractivity contribution in [3.05, 3.63) is 35.9 Å². The number of thiazole rings is 1. The summed E-state index contributed by atoms with van der Waals surface area (Å²) in [6.45, 7) is 4.96. The van der Waals surface area contributed by atoms with E-state index in [9.17, 15) is 0 Å². The molecule has 4 heterocycles. The molecule has 0 spiro atoms. The largest absolute Gasteiger partial charge is 0.418 e. The van der Waals surface area contributed by atoms with Gasteiger partial charge in [-0.3, -0.25) is 9.30 Å². The van der Waals surface area contributed by atoms with Crippen molar-refractivity contribution < 1.29 is 4.42 Å². The number of nitrogens with zero attached hydrogens (tertiary/aromatic N) is 5. The summed E-state index contributed by atoms with van der Waals surface area (Å²) in [6.07, 6.45) is 2.51. The van der Waals surface area contributed by atoms with Crippen molar-refractivity contribution >= 4 is 26.5 Å². The molecule has 0 bridgehead atoms. The average molecular weight is 339 g/mol. The number of likely N-dealkylation sites (tertiary alicyclic amines) is 1. The molecule has 0 unspecified atom stereocenters. The Morgan fingerprint density at radius 1 is 1.17 bits per heavy atom. The smallest absolute Gasteiger partial charge is 0.266 e. The maximum atomic E-state index is 5.98. The van der Waals surface area contributed by atoms with Crippen molar-refractivity contribution in [1.29, 1.82) is 0 Å². The SMILES string of the molecule is Cc1nc2sc3ccccc3n2c1-c1nnc(CN2CCCC2)o1. The Bertz CT molecular complexity index is 1020. The Balaban J connectivity index is 1.60. The third-order valence-corrected chi connectivity index (χ3v) is 5.58. The van der Waals surface area contributed by atoms with E-state index in [2.05, 4.69) is 36.6 Å². The Hall–Kier alpha value is -2.25. The highest BCUT2D eigenvalue weighted by Gasteiger charge is 2.22. The van der Waals surface area contributed by atoms with Gasteiger partial charge in [0.1, 0.15) is 5.69 Å². The molecule has 1 aliphatic rings. The standard InChI is InChI=1S/C17H17N5OS/c1-11-15(16-20-19-14(23-16)10-21-8-4-5-9-21)22-12-6-2-3-7-13(12)24-17(22)18-11/h2-3,6-7H,4-5,8-10H2,1H3. The lowest BCUT2D eigenvalue weighted by Crippen LogP contribution is -2.18.